The molecule has 1 heterocycles. The van der Waals surface area contributed by atoms with Gasteiger partial charge in [-0.15, -0.1) is 0 Å². The molecular weight excluding hydrogens is 372 g/mol. The van der Waals surface area contributed by atoms with Crippen LogP contribution in [0.4, 0.5) is 0 Å². The van der Waals surface area contributed by atoms with Gasteiger partial charge in [-0.05, 0) is 40.7 Å². The monoisotopic (exact) mass is 402 g/mol. The van der Waals surface area contributed by atoms with E-state index in [-0.39, 0.29) is 17.0 Å². The number of pyridine rings is 1. The summed E-state index contributed by atoms with van der Waals surface area (Å²) < 4.78 is 1.68. The Morgan fingerprint density at radius 3 is 2.47 bits per heavy atom. The number of nitrogens with zero attached hydrogens (tertiary/aromatic N) is 1. The second-order valence-electron chi connectivity index (χ2n) is 7.94. The molecule has 0 aliphatic rings. The molecule has 0 unspecified atom stereocenters. The third-order valence-corrected chi connectivity index (χ3v) is 5.27. The van der Waals surface area contributed by atoms with E-state index in [0.717, 1.165) is 29.5 Å². The van der Waals surface area contributed by atoms with Crippen molar-refractivity contribution in [2.24, 2.45) is 0 Å². The lowest BCUT2D eigenvalue weighted by atomic mass is 9.97. The minimum absolute atomic E-state index is 0.189. The van der Waals surface area contributed by atoms with Gasteiger partial charge in [0.2, 0.25) is 0 Å². The van der Waals surface area contributed by atoms with Crippen LogP contribution in [0.25, 0.3) is 11.1 Å². The first kappa shape index (κ1) is 21.6. The van der Waals surface area contributed by atoms with Crippen molar-refractivity contribution in [2.75, 3.05) is 0 Å². The van der Waals surface area contributed by atoms with Crippen LogP contribution in [0.15, 0.2) is 71.7 Å². The van der Waals surface area contributed by atoms with Gasteiger partial charge in [0.15, 0.2) is 0 Å². The summed E-state index contributed by atoms with van der Waals surface area (Å²) in [7, 11) is 0. The summed E-state index contributed by atoms with van der Waals surface area (Å²) in [5, 5.41) is 2.90. The predicted molar refractivity (Wildman–Crippen MR) is 123 cm³/mol. The first-order valence-electron chi connectivity index (χ1n) is 10.7. The lowest BCUT2D eigenvalue weighted by molar-refractivity contribution is 0.0949. The first-order valence-corrected chi connectivity index (χ1v) is 10.7. The van der Waals surface area contributed by atoms with E-state index in [9.17, 15) is 9.59 Å². The maximum absolute atomic E-state index is 13.0. The standard InChI is InChI=1S/C26H30N2O2/c1-4-5-14-28-18-23(22-13-9-12-21(15-22)19(2)3)16-24(26(28)30)25(29)27-17-20-10-7-6-8-11-20/h6-13,15-16,18-19H,4-5,14,17H2,1-3H3,(H,27,29). The minimum Gasteiger partial charge on any atom is -0.348 e. The molecule has 30 heavy (non-hydrogen) atoms. The molecule has 3 rings (SSSR count). The Morgan fingerprint density at radius 1 is 1.00 bits per heavy atom. The van der Waals surface area contributed by atoms with Crippen LogP contribution in [0.1, 0.15) is 61.0 Å². The van der Waals surface area contributed by atoms with Crippen LogP contribution in [-0.4, -0.2) is 10.5 Å². The van der Waals surface area contributed by atoms with Crippen molar-refractivity contribution in [3.63, 3.8) is 0 Å². The molecule has 0 saturated carbocycles. The van der Waals surface area contributed by atoms with Crippen LogP contribution in [-0.2, 0) is 13.1 Å². The topological polar surface area (TPSA) is 51.1 Å². The minimum atomic E-state index is -0.337. The molecule has 0 aliphatic heterocycles. The number of rotatable bonds is 8. The van der Waals surface area contributed by atoms with Gasteiger partial charge in [-0.25, -0.2) is 0 Å². The quantitative estimate of drug-likeness (QED) is 0.551. The Hall–Kier alpha value is -3.14. The van der Waals surface area contributed by atoms with Crippen molar-refractivity contribution in [1.82, 2.24) is 9.88 Å². The van der Waals surface area contributed by atoms with Crippen LogP contribution in [0.3, 0.4) is 0 Å². The van der Waals surface area contributed by atoms with Gasteiger partial charge < -0.3 is 9.88 Å². The van der Waals surface area contributed by atoms with E-state index in [0.29, 0.717) is 19.0 Å². The predicted octanol–water partition coefficient (Wildman–Crippen LogP) is 5.37. The molecule has 0 spiro atoms. The molecular formula is C26H30N2O2. The zero-order valence-electron chi connectivity index (χ0n) is 18.0. The molecule has 2 aromatic carbocycles. The van der Waals surface area contributed by atoms with Crippen molar-refractivity contribution in [3.05, 3.63) is 93.9 Å². The maximum Gasteiger partial charge on any atom is 0.263 e. The van der Waals surface area contributed by atoms with Gasteiger partial charge in [0, 0.05) is 19.3 Å². The number of carbonyl (C=O) groups excluding carboxylic acids is 1. The fraction of sp³-hybridized carbons (Fsp3) is 0.308. The number of hydrogen-bond acceptors (Lipinski definition) is 2. The van der Waals surface area contributed by atoms with Gasteiger partial charge in [0.1, 0.15) is 5.56 Å². The van der Waals surface area contributed by atoms with Gasteiger partial charge in [-0.2, -0.15) is 0 Å². The summed E-state index contributed by atoms with van der Waals surface area (Å²) in [6.07, 6.45) is 3.75. The van der Waals surface area contributed by atoms with Gasteiger partial charge in [0.25, 0.3) is 11.5 Å². The highest BCUT2D eigenvalue weighted by Gasteiger charge is 2.15. The average Bonchev–Trinajstić information content (AvgIpc) is 2.77. The van der Waals surface area contributed by atoms with E-state index in [1.807, 2.05) is 48.7 Å². The van der Waals surface area contributed by atoms with E-state index in [4.69, 9.17) is 0 Å². The molecule has 4 heteroatoms. The summed E-state index contributed by atoms with van der Waals surface area (Å²) in [6, 6.07) is 19.7. The lowest BCUT2D eigenvalue weighted by Crippen LogP contribution is -2.33. The molecule has 1 amide bonds. The number of nitrogens with one attached hydrogen (secondary N) is 1. The summed E-state index contributed by atoms with van der Waals surface area (Å²) in [5.74, 6) is 0.0700. The van der Waals surface area contributed by atoms with Gasteiger partial charge >= 0.3 is 0 Å². The highest BCUT2D eigenvalue weighted by molar-refractivity contribution is 5.95. The number of hydrogen-bond donors (Lipinski definition) is 1. The van der Waals surface area contributed by atoms with Crippen LogP contribution in [0.2, 0.25) is 0 Å². The Bertz CT molecular complexity index is 1050. The summed E-state index contributed by atoms with van der Waals surface area (Å²) in [5.41, 5.74) is 4.08. The Labute approximate surface area is 178 Å². The normalized spacial score (nSPS) is 10.9. The van der Waals surface area contributed by atoms with E-state index in [2.05, 4.69) is 38.2 Å². The Balaban J connectivity index is 1.97. The number of aryl methyl sites for hydroxylation is 1. The lowest BCUT2D eigenvalue weighted by Gasteiger charge is -2.14. The maximum atomic E-state index is 13.0. The van der Waals surface area contributed by atoms with E-state index in [1.165, 1.54) is 5.56 Å². The van der Waals surface area contributed by atoms with E-state index in [1.54, 1.807) is 10.6 Å². The second-order valence-corrected chi connectivity index (χ2v) is 7.94. The highest BCUT2D eigenvalue weighted by Crippen LogP contribution is 2.24. The molecule has 0 fully saturated rings. The molecule has 0 saturated heterocycles. The molecule has 0 radical (unpaired) electrons. The second kappa shape index (κ2) is 10.1. The molecule has 0 bridgehead atoms. The Morgan fingerprint density at radius 2 is 1.77 bits per heavy atom. The summed E-state index contributed by atoms with van der Waals surface area (Å²) >= 11 is 0. The fourth-order valence-electron chi connectivity index (χ4n) is 3.40. The van der Waals surface area contributed by atoms with Crippen molar-refractivity contribution >= 4 is 5.91 Å². The molecule has 4 nitrogen and oxygen atoms in total. The van der Waals surface area contributed by atoms with Gasteiger partial charge in [-0.1, -0.05) is 81.8 Å². The van der Waals surface area contributed by atoms with E-state index >= 15 is 0 Å². The number of benzene rings is 2. The van der Waals surface area contributed by atoms with Gasteiger partial charge in [0.05, 0.1) is 0 Å². The number of unbranched alkanes of at least 4 members (excludes halogenated alkanes) is 1. The number of aromatic nitrogens is 1. The van der Waals surface area contributed by atoms with Crippen LogP contribution < -0.4 is 10.9 Å². The third kappa shape index (κ3) is 5.26. The summed E-state index contributed by atoms with van der Waals surface area (Å²) in [6.45, 7) is 7.40. The SMILES string of the molecule is CCCCn1cc(-c2cccc(C(C)C)c2)cc(C(=O)NCc2ccccc2)c1=O. The van der Waals surface area contributed by atoms with Crippen LogP contribution >= 0.6 is 0 Å². The van der Waals surface area contributed by atoms with Crippen molar-refractivity contribution in [3.8, 4) is 11.1 Å². The molecule has 1 aromatic heterocycles. The number of amides is 1. The molecule has 3 aromatic rings. The van der Waals surface area contributed by atoms with Crippen molar-refractivity contribution in [2.45, 2.75) is 52.6 Å². The first-order chi connectivity index (χ1) is 14.5. The largest absolute Gasteiger partial charge is 0.348 e. The van der Waals surface area contributed by atoms with Crippen molar-refractivity contribution in [1.29, 1.82) is 0 Å². The van der Waals surface area contributed by atoms with Gasteiger partial charge in [-0.3, -0.25) is 9.59 Å². The molecule has 156 valence electrons. The smallest absolute Gasteiger partial charge is 0.263 e. The fourth-order valence-corrected chi connectivity index (χ4v) is 3.40. The zero-order chi connectivity index (χ0) is 21.5. The summed E-state index contributed by atoms with van der Waals surface area (Å²) in [4.78, 5) is 25.9. The van der Waals surface area contributed by atoms with E-state index < -0.39 is 0 Å². The number of carbonyl (C=O) groups is 1. The van der Waals surface area contributed by atoms with Crippen LogP contribution in [0, 0.1) is 0 Å². The zero-order valence-corrected chi connectivity index (χ0v) is 18.0. The third-order valence-electron chi connectivity index (χ3n) is 5.27. The molecule has 0 aliphatic carbocycles. The van der Waals surface area contributed by atoms with Crippen LogP contribution in [0.5, 0.6) is 0 Å². The highest BCUT2D eigenvalue weighted by atomic mass is 16.2. The van der Waals surface area contributed by atoms with Crippen molar-refractivity contribution < 1.29 is 4.79 Å². The Kier molecular flexibility index (Phi) is 7.23. The average molecular weight is 403 g/mol. The molecule has 1 N–H and O–H groups in total. The molecule has 0 atom stereocenters.